The molecular weight excluding hydrogens is 489 g/mol. The first-order chi connectivity index (χ1) is 17.6. The van der Waals surface area contributed by atoms with Crippen LogP contribution in [0.4, 0.5) is 13.2 Å². The maximum absolute atomic E-state index is 12.6. The predicted molar refractivity (Wildman–Crippen MR) is 146 cm³/mol. The third-order valence-corrected chi connectivity index (χ3v) is 6.60. The van der Waals surface area contributed by atoms with Crippen LogP contribution in [-0.2, 0) is 22.3 Å². The summed E-state index contributed by atoms with van der Waals surface area (Å²) in [7, 11) is 0. The van der Waals surface area contributed by atoms with Gasteiger partial charge in [-0.15, -0.1) is 0 Å². The highest BCUT2D eigenvalue weighted by Gasteiger charge is 2.31. The molecule has 38 heavy (non-hydrogen) atoms. The molecule has 0 heterocycles. The van der Waals surface area contributed by atoms with Crippen LogP contribution in [0, 0.1) is 23.2 Å². The first-order valence-electron chi connectivity index (χ1n) is 13.2. The van der Waals surface area contributed by atoms with Crippen LogP contribution >= 0.6 is 0 Å². The predicted octanol–water partition coefficient (Wildman–Crippen LogP) is 8.26. The molecule has 210 valence electrons. The summed E-state index contributed by atoms with van der Waals surface area (Å²) >= 11 is 0. The molecule has 1 aliphatic rings. The second kappa shape index (κ2) is 16.9. The quantitative estimate of drug-likeness (QED) is 0.261. The van der Waals surface area contributed by atoms with Gasteiger partial charge in [-0.05, 0) is 86.2 Å². The molecule has 2 atom stereocenters. The Labute approximate surface area is 226 Å². The fourth-order valence-electron chi connectivity index (χ4n) is 4.58. The van der Waals surface area contributed by atoms with Gasteiger partial charge in [-0.1, -0.05) is 58.0 Å². The van der Waals surface area contributed by atoms with E-state index in [2.05, 4.69) is 25.2 Å². The molecule has 2 unspecified atom stereocenters. The summed E-state index contributed by atoms with van der Waals surface area (Å²) in [5.41, 5.74) is 2.18. The third kappa shape index (κ3) is 11.7. The van der Waals surface area contributed by atoms with E-state index >= 15 is 0 Å². The van der Waals surface area contributed by atoms with Crippen LogP contribution in [0.25, 0.3) is 0 Å². The lowest BCUT2D eigenvalue weighted by Gasteiger charge is -2.29. The molecule has 0 saturated heterocycles. The van der Waals surface area contributed by atoms with Gasteiger partial charge < -0.3 is 10.1 Å². The van der Waals surface area contributed by atoms with Crippen LogP contribution < -0.4 is 5.32 Å². The minimum absolute atomic E-state index is 0. The van der Waals surface area contributed by atoms with Crippen molar-refractivity contribution in [2.45, 2.75) is 85.4 Å². The molecule has 7 heteroatoms. The number of hydrogen-bond donors (Lipinski definition) is 1. The van der Waals surface area contributed by atoms with E-state index in [1.165, 1.54) is 6.42 Å². The van der Waals surface area contributed by atoms with Crippen molar-refractivity contribution in [2.24, 2.45) is 11.8 Å². The molecule has 0 spiro atoms. The van der Waals surface area contributed by atoms with Gasteiger partial charge in [-0.2, -0.15) is 18.4 Å². The van der Waals surface area contributed by atoms with Crippen LogP contribution in [0.3, 0.4) is 0 Å². The van der Waals surface area contributed by atoms with Crippen LogP contribution in [0.5, 0.6) is 0 Å². The van der Waals surface area contributed by atoms with E-state index in [1.807, 2.05) is 24.3 Å². The van der Waals surface area contributed by atoms with Crippen molar-refractivity contribution < 1.29 is 22.7 Å². The molecule has 0 bridgehead atoms. The Morgan fingerprint density at radius 1 is 1.13 bits per heavy atom. The Hall–Kier alpha value is -2.85. The zero-order valence-corrected chi connectivity index (χ0v) is 22.1. The smallest absolute Gasteiger partial charge is 0.416 e. The largest absolute Gasteiger partial charge is 0.466 e. The van der Waals surface area contributed by atoms with Crippen LogP contribution in [0.1, 0.15) is 94.9 Å². The molecule has 0 radical (unpaired) electrons. The van der Waals surface area contributed by atoms with Crippen molar-refractivity contribution in [1.29, 1.82) is 5.26 Å². The standard InChI is InChI=1S/C17H21F3O2.C13H18N2.CH4/c1-2-22-16(21)11-12-4-3-5-14(10-12)13-6-8-15(9-7-13)17(18,19)20;1-11(2)7-8-15-10-13-6-4-3-5-12(13)9-14;/h6-9,12,14H,2-5,10-11H2,1H3;3-6,11,15H,7-8,10H2,1-2H3;1H4. The lowest BCUT2D eigenvalue weighted by atomic mass is 9.77. The van der Waals surface area contributed by atoms with Crippen LogP contribution in [0.2, 0.25) is 0 Å². The second-order valence-corrected chi connectivity index (χ2v) is 9.99. The molecule has 0 aromatic heterocycles. The molecule has 4 nitrogen and oxygen atoms in total. The monoisotopic (exact) mass is 532 g/mol. The number of nitrogens with one attached hydrogen (secondary N) is 1. The van der Waals surface area contributed by atoms with Gasteiger partial charge in [0.15, 0.2) is 0 Å². The minimum Gasteiger partial charge on any atom is -0.466 e. The highest BCUT2D eigenvalue weighted by molar-refractivity contribution is 5.69. The normalized spacial score (nSPS) is 17.0. The van der Waals surface area contributed by atoms with E-state index < -0.39 is 11.7 Å². The molecule has 2 aromatic rings. The van der Waals surface area contributed by atoms with E-state index in [0.717, 1.165) is 73.5 Å². The lowest BCUT2D eigenvalue weighted by Crippen LogP contribution is -2.19. The summed E-state index contributed by atoms with van der Waals surface area (Å²) in [6.07, 6.45) is 1.07. The molecule has 1 aliphatic carbocycles. The third-order valence-electron chi connectivity index (χ3n) is 6.60. The number of esters is 1. The number of benzene rings is 2. The highest BCUT2D eigenvalue weighted by atomic mass is 19.4. The number of carbonyl (C=O) groups excluding carboxylic acids is 1. The van der Waals surface area contributed by atoms with Gasteiger partial charge in [0.2, 0.25) is 0 Å². The van der Waals surface area contributed by atoms with Crippen molar-refractivity contribution >= 4 is 5.97 Å². The topological polar surface area (TPSA) is 62.1 Å². The van der Waals surface area contributed by atoms with Crippen LogP contribution in [0.15, 0.2) is 48.5 Å². The Bertz CT molecular complexity index is 997. The number of alkyl halides is 3. The maximum Gasteiger partial charge on any atom is 0.416 e. The summed E-state index contributed by atoms with van der Waals surface area (Å²) in [4.78, 5) is 11.6. The Morgan fingerprint density at radius 3 is 2.42 bits per heavy atom. The average molecular weight is 533 g/mol. The van der Waals surface area contributed by atoms with Gasteiger partial charge in [-0.25, -0.2) is 0 Å². The SMILES string of the molecule is C.CC(C)CCNCc1ccccc1C#N.CCOC(=O)CC1CCCC(c2ccc(C(F)(F)F)cc2)C1. The Morgan fingerprint density at radius 2 is 1.82 bits per heavy atom. The van der Waals surface area contributed by atoms with E-state index in [-0.39, 0.29) is 25.2 Å². The fourth-order valence-corrected chi connectivity index (χ4v) is 4.58. The number of carbonyl (C=O) groups is 1. The summed E-state index contributed by atoms with van der Waals surface area (Å²) in [6.45, 7) is 8.39. The van der Waals surface area contributed by atoms with Gasteiger partial charge in [-0.3, -0.25) is 4.79 Å². The van der Waals surface area contributed by atoms with E-state index in [9.17, 15) is 18.0 Å². The zero-order chi connectivity index (χ0) is 27.3. The number of halogens is 3. The van der Waals surface area contributed by atoms with Gasteiger partial charge in [0.25, 0.3) is 0 Å². The lowest BCUT2D eigenvalue weighted by molar-refractivity contribution is -0.144. The van der Waals surface area contributed by atoms with Crippen molar-refractivity contribution in [3.8, 4) is 6.07 Å². The van der Waals surface area contributed by atoms with Crippen molar-refractivity contribution in [3.05, 3.63) is 70.8 Å². The van der Waals surface area contributed by atoms with Crippen LogP contribution in [-0.4, -0.2) is 19.1 Å². The van der Waals surface area contributed by atoms with Crippen molar-refractivity contribution in [1.82, 2.24) is 5.32 Å². The fraction of sp³-hybridized carbons (Fsp3) is 0.548. The number of ether oxygens (including phenoxy) is 1. The summed E-state index contributed by atoms with van der Waals surface area (Å²) in [5.74, 6) is 1.04. The van der Waals surface area contributed by atoms with Gasteiger partial charge in [0.05, 0.1) is 23.8 Å². The Kier molecular flexibility index (Phi) is 14.7. The van der Waals surface area contributed by atoms with Gasteiger partial charge in [0.1, 0.15) is 0 Å². The first kappa shape index (κ1) is 33.2. The molecule has 3 rings (SSSR count). The minimum atomic E-state index is -4.29. The van der Waals surface area contributed by atoms with E-state index in [1.54, 1.807) is 19.1 Å². The first-order valence-corrected chi connectivity index (χ1v) is 13.2. The van der Waals surface area contributed by atoms with Crippen molar-refractivity contribution in [3.63, 3.8) is 0 Å². The average Bonchev–Trinajstić information content (AvgIpc) is 2.87. The molecular formula is C31H43F3N2O2. The van der Waals surface area contributed by atoms with Crippen molar-refractivity contribution in [2.75, 3.05) is 13.2 Å². The summed E-state index contributed by atoms with van der Waals surface area (Å²) in [6, 6.07) is 15.4. The molecule has 1 saturated carbocycles. The highest BCUT2D eigenvalue weighted by Crippen LogP contribution is 2.38. The summed E-state index contributed by atoms with van der Waals surface area (Å²) < 4.78 is 42.7. The maximum atomic E-state index is 12.6. The molecule has 0 aliphatic heterocycles. The second-order valence-electron chi connectivity index (χ2n) is 9.99. The molecule has 2 aromatic carbocycles. The van der Waals surface area contributed by atoms with E-state index in [0.29, 0.717) is 13.0 Å². The Balaban J connectivity index is 0.000000397. The van der Waals surface area contributed by atoms with E-state index in [4.69, 9.17) is 10.00 Å². The van der Waals surface area contributed by atoms with Gasteiger partial charge >= 0.3 is 12.1 Å². The number of nitriles is 1. The van der Waals surface area contributed by atoms with Gasteiger partial charge in [0, 0.05) is 13.0 Å². The molecule has 0 amide bonds. The zero-order valence-electron chi connectivity index (χ0n) is 22.1. The molecule has 1 fully saturated rings. The number of nitrogens with zero attached hydrogens (tertiary/aromatic N) is 1. The number of rotatable bonds is 9. The molecule has 1 N–H and O–H groups in total. The number of hydrogen-bond acceptors (Lipinski definition) is 4. The summed E-state index contributed by atoms with van der Waals surface area (Å²) in [5, 5.41) is 12.2.